The summed E-state index contributed by atoms with van der Waals surface area (Å²) in [6.07, 6.45) is 9.17. The Morgan fingerprint density at radius 3 is 2.23 bits per heavy atom. The van der Waals surface area contributed by atoms with Crippen molar-refractivity contribution in [2.45, 2.75) is 109 Å². The zero-order valence-electron chi connectivity index (χ0n) is 26.8. The number of carbonyl (C=O) groups excluding carboxylic acids is 3. The molecule has 4 rings (SSSR count). The molecule has 0 bridgehead atoms. The van der Waals surface area contributed by atoms with E-state index in [1.54, 1.807) is 0 Å². The van der Waals surface area contributed by atoms with Crippen LogP contribution in [0, 0.1) is 11.3 Å². The first-order valence-electron chi connectivity index (χ1n) is 15.6. The number of aromatic hydroxyl groups is 1. The molecule has 2 aliphatic heterocycles. The number of hydrogen-bond donors (Lipinski definition) is 2. The molecule has 0 aliphatic carbocycles. The van der Waals surface area contributed by atoms with E-state index in [0.29, 0.717) is 36.8 Å². The molecule has 0 unspecified atom stereocenters. The van der Waals surface area contributed by atoms with E-state index in [0.717, 1.165) is 69.2 Å². The molecule has 0 saturated carbocycles. The lowest BCUT2D eigenvalue weighted by atomic mass is 9.87. The number of aromatic amines is 1. The normalized spacial score (nSPS) is 16.3. The molecule has 1 saturated heterocycles. The Hall–Kier alpha value is -2.62. The van der Waals surface area contributed by atoms with Crippen LogP contribution in [0.5, 0.6) is 5.75 Å². The molecular formula is C34H51N3O5S. The second-order valence-corrected chi connectivity index (χ2v) is 16.4. The largest absolute Gasteiger partial charge is 0.870 e. The van der Waals surface area contributed by atoms with E-state index in [1.807, 2.05) is 6.07 Å². The van der Waals surface area contributed by atoms with E-state index in [-0.39, 0.29) is 27.5 Å². The second-order valence-electron chi connectivity index (χ2n) is 14.4. The van der Waals surface area contributed by atoms with Gasteiger partial charge in [-0.25, -0.2) is 0 Å². The number of rotatable bonds is 14. The van der Waals surface area contributed by atoms with Gasteiger partial charge in [0, 0.05) is 79.4 Å². The first-order valence-corrected chi connectivity index (χ1v) is 16.5. The Morgan fingerprint density at radius 1 is 0.953 bits per heavy atom. The SMILES string of the molecule is CC(C)(C)Cc1c([SH+]C(C)(C)C)[nH]c2c(CN3CC(CCCC(=O)CCCCCN4C(=O)C=CC4=O)C3)c(O)ccc12.[OH-]. The van der Waals surface area contributed by atoms with E-state index in [9.17, 15) is 19.5 Å². The van der Waals surface area contributed by atoms with Crippen LogP contribution in [0.2, 0.25) is 0 Å². The van der Waals surface area contributed by atoms with Gasteiger partial charge in [-0.05, 0) is 76.3 Å². The van der Waals surface area contributed by atoms with Crippen LogP contribution in [0.4, 0.5) is 0 Å². The molecule has 1 aromatic carbocycles. The summed E-state index contributed by atoms with van der Waals surface area (Å²) in [4.78, 5) is 42.9. The van der Waals surface area contributed by atoms with E-state index in [4.69, 9.17) is 0 Å². The van der Waals surface area contributed by atoms with Crippen LogP contribution in [0.3, 0.4) is 0 Å². The molecule has 3 heterocycles. The average Bonchev–Trinajstić information content (AvgIpc) is 3.34. The quantitative estimate of drug-likeness (QED) is 0.118. The number of Topliss-reactive ketones (excluding diaryl/α,β-unsaturated/α-hetero) is 1. The standard InChI is InChI=1S/C34H49N3O4S.H2O/c1-33(2,3)19-26-25-14-15-28(39)27(31(25)35-32(26)42-34(4,5)6)22-36-20-23(21-36)11-10-13-24(38)12-8-7-9-18-37-29(40)16-17-30(37)41;/h14-17,23,35,39H,7-13,18-22H2,1-6H3;1H2. The van der Waals surface area contributed by atoms with Crippen molar-refractivity contribution < 1.29 is 25.0 Å². The molecular weight excluding hydrogens is 562 g/mol. The number of amides is 2. The smallest absolute Gasteiger partial charge is 0.253 e. The summed E-state index contributed by atoms with van der Waals surface area (Å²) in [5.74, 6) is 0.784. The lowest BCUT2D eigenvalue weighted by molar-refractivity contribution is -0.136. The van der Waals surface area contributed by atoms with Crippen LogP contribution in [0.15, 0.2) is 29.3 Å². The molecule has 2 aliphatic rings. The van der Waals surface area contributed by atoms with Crippen molar-refractivity contribution in [1.29, 1.82) is 0 Å². The monoisotopic (exact) mass is 613 g/mol. The minimum absolute atomic E-state index is 0. The number of aromatic nitrogens is 1. The van der Waals surface area contributed by atoms with Crippen LogP contribution in [-0.2, 0) is 39.1 Å². The van der Waals surface area contributed by atoms with Crippen molar-refractivity contribution in [2.75, 3.05) is 19.6 Å². The number of H-pyrrole nitrogens is 1. The number of likely N-dealkylation sites (tertiary alicyclic amines) is 1. The molecule has 0 radical (unpaired) electrons. The number of imide groups is 1. The molecule has 8 nitrogen and oxygen atoms in total. The number of carbonyl (C=O) groups is 3. The summed E-state index contributed by atoms with van der Waals surface area (Å²) in [5.41, 5.74) is 3.60. The molecule has 0 spiro atoms. The van der Waals surface area contributed by atoms with Crippen LogP contribution < -0.4 is 0 Å². The first-order chi connectivity index (χ1) is 19.7. The van der Waals surface area contributed by atoms with Gasteiger partial charge in [0.25, 0.3) is 11.8 Å². The number of thiol groups is 1. The Bertz CT molecular complexity index is 1310. The Morgan fingerprint density at radius 2 is 1.60 bits per heavy atom. The number of hydrogen-bond acceptors (Lipinski definition) is 6. The molecule has 1 aromatic heterocycles. The third-order valence-corrected chi connectivity index (χ3v) is 9.29. The molecule has 0 atom stereocenters. The van der Waals surface area contributed by atoms with Gasteiger partial charge < -0.3 is 15.6 Å². The summed E-state index contributed by atoms with van der Waals surface area (Å²) in [6.45, 7) is 16.8. The number of unbranched alkanes of at least 4 members (excludes halogenated alkanes) is 2. The molecule has 9 heteroatoms. The molecule has 1 fully saturated rings. The highest BCUT2D eigenvalue weighted by Crippen LogP contribution is 2.38. The summed E-state index contributed by atoms with van der Waals surface area (Å²) < 4.78 is 0.135. The van der Waals surface area contributed by atoms with Crippen LogP contribution in [-0.4, -0.2) is 67.3 Å². The van der Waals surface area contributed by atoms with Crippen LogP contribution in [0.1, 0.15) is 97.6 Å². The number of phenols is 1. The first kappa shape index (κ1) is 34.9. The minimum atomic E-state index is -0.237. The van der Waals surface area contributed by atoms with Gasteiger partial charge in [-0.1, -0.05) is 27.2 Å². The van der Waals surface area contributed by atoms with Gasteiger partial charge in [0.05, 0.1) is 5.52 Å². The summed E-state index contributed by atoms with van der Waals surface area (Å²) >= 11 is 1.27. The van der Waals surface area contributed by atoms with Crippen molar-refractivity contribution in [3.63, 3.8) is 0 Å². The van der Waals surface area contributed by atoms with Gasteiger partial charge >= 0.3 is 0 Å². The van der Waals surface area contributed by atoms with Crippen molar-refractivity contribution in [2.24, 2.45) is 11.3 Å². The topological polar surface area (TPSA) is 124 Å². The van der Waals surface area contributed by atoms with Gasteiger partial charge in [0.15, 0.2) is 0 Å². The zero-order chi connectivity index (χ0) is 30.7. The number of nitrogens with one attached hydrogen (secondary N) is 1. The highest BCUT2D eigenvalue weighted by molar-refractivity contribution is 7.80. The molecule has 43 heavy (non-hydrogen) atoms. The van der Waals surface area contributed by atoms with Crippen LogP contribution in [0.25, 0.3) is 10.9 Å². The summed E-state index contributed by atoms with van der Waals surface area (Å²) in [6, 6.07) is 3.94. The summed E-state index contributed by atoms with van der Waals surface area (Å²) in [7, 11) is 0. The minimum Gasteiger partial charge on any atom is -0.870 e. The molecule has 238 valence electrons. The fourth-order valence-electron chi connectivity index (χ4n) is 6.00. The van der Waals surface area contributed by atoms with Gasteiger partial charge in [-0.3, -0.25) is 24.2 Å². The fourth-order valence-corrected chi connectivity index (χ4v) is 7.17. The van der Waals surface area contributed by atoms with Crippen molar-refractivity contribution in [3.05, 3.63) is 35.4 Å². The van der Waals surface area contributed by atoms with Gasteiger partial charge in [0.2, 0.25) is 5.03 Å². The highest BCUT2D eigenvalue weighted by Gasteiger charge is 2.32. The highest BCUT2D eigenvalue weighted by atomic mass is 32.2. The third kappa shape index (κ3) is 9.68. The third-order valence-electron chi connectivity index (χ3n) is 8.02. The van der Waals surface area contributed by atoms with Gasteiger partial charge in [-0.2, -0.15) is 0 Å². The number of benzene rings is 1. The number of nitrogens with zero attached hydrogens (tertiary/aromatic N) is 2. The average molecular weight is 614 g/mol. The lowest BCUT2D eigenvalue weighted by Crippen LogP contribution is -2.45. The van der Waals surface area contributed by atoms with Crippen molar-refractivity contribution in [1.82, 2.24) is 14.8 Å². The Balaban J connectivity index is 0.00000506. The molecule has 2 aromatic rings. The fraction of sp³-hybridized carbons (Fsp3) is 0.618. The van der Waals surface area contributed by atoms with Crippen molar-refractivity contribution in [3.8, 4) is 5.75 Å². The van der Waals surface area contributed by atoms with Crippen molar-refractivity contribution >= 4 is 40.3 Å². The Kier molecular flexibility index (Phi) is 11.7. The number of ketones is 1. The van der Waals surface area contributed by atoms with E-state index in [1.165, 1.54) is 44.8 Å². The zero-order valence-corrected chi connectivity index (χ0v) is 27.7. The van der Waals surface area contributed by atoms with Gasteiger partial charge in [0.1, 0.15) is 16.3 Å². The van der Waals surface area contributed by atoms with E-state index >= 15 is 0 Å². The van der Waals surface area contributed by atoms with Gasteiger partial charge in [-0.15, -0.1) is 0 Å². The summed E-state index contributed by atoms with van der Waals surface area (Å²) in [5, 5.41) is 13.4. The number of fused-ring (bicyclic) bond motifs is 1. The van der Waals surface area contributed by atoms with E-state index in [2.05, 4.69) is 57.5 Å². The maximum atomic E-state index is 12.4. The Labute approximate surface area is 261 Å². The van der Waals surface area contributed by atoms with Crippen LogP contribution >= 0.6 is 0 Å². The second kappa shape index (κ2) is 14.4. The van der Waals surface area contributed by atoms with E-state index < -0.39 is 0 Å². The maximum Gasteiger partial charge on any atom is 0.253 e. The molecule has 2 amide bonds. The predicted octanol–water partition coefficient (Wildman–Crippen LogP) is 5.91. The molecule has 3 N–H and O–H groups in total. The predicted molar refractivity (Wildman–Crippen MR) is 174 cm³/mol. The maximum absolute atomic E-state index is 12.4. The number of phenolic OH excluding ortho intramolecular Hbond substituents is 1. The lowest BCUT2D eigenvalue weighted by Gasteiger charge is -2.39.